The van der Waals surface area contributed by atoms with Crippen molar-refractivity contribution in [2.24, 2.45) is 5.73 Å². The molecule has 0 saturated carbocycles. The maximum Gasteiger partial charge on any atom is 0.269 e. The van der Waals surface area contributed by atoms with Gasteiger partial charge in [0.15, 0.2) is 5.69 Å². The third-order valence-electron chi connectivity index (χ3n) is 2.36. The number of nitrogens with zero attached hydrogens (tertiary/aromatic N) is 1. The number of hydrogen-bond donors (Lipinski definition) is 3. The average Bonchev–Trinajstić information content (AvgIpc) is 2.68. The van der Waals surface area contributed by atoms with Crippen molar-refractivity contribution in [2.45, 2.75) is 19.4 Å². The molecule has 0 spiro atoms. The lowest BCUT2D eigenvalue weighted by Crippen LogP contribution is -2.27. The smallest absolute Gasteiger partial charge is 0.269 e. The van der Waals surface area contributed by atoms with E-state index in [1.807, 2.05) is 0 Å². The summed E-state index contributed by atoms with van der Waals surface area (Å²) in [6, 6.07) is 5.12. The van der Waals surface area contributed by atoms with Crippen LogP contribution in [0.3, 0.4) is 0 Å². The number of primary amides is 1. The molecule has 0 fully saturated rings. The van der Waals surface area contributed by atoms with E-state index in [1.54, 1.807) is 32.0 Å². The van der Waals surface area contributed by atoms with Gasteiger partial charge in [0.1, 0.15) is 12.4 Å². The molecule has 1 heterocycles. The standard InChI is InChI=1S/C12H15N3O3/c1-12(2,17)6-18-7-3-4-8-9(5-7)14-15-10(8)11(13)16/h3-5,17H,6H2,1-2H3,(H2,13,16)(H,14,15). The fraction of sp³-hybridized carbons (Fsp3) is 0.333. The predicted molar refractivity (Wildman–Crippen MR) is 66.4 cm³/mol. The molecule has 4 N–H and O–H groups in total. The van der Waals surface area contributed by atoms with E-state index in [4.69, 9.17) is 10.5 Å². The third-order valence-corrected chi connectivity index (χ3v) is 2.36. The monoisotopic (exact) mass is 249 g/mol. The van der Waals surface area contributed by atoms with Gasteiger partial charge in [-0.1, -0.05) is 0 Å². The van der Waals surface area contributed by atoms with Crippen LogP contribution in [-0.2, 0) is 0 Å². The first-order chi connectivity index (χ1) is 8.37. The number of amides is 1. The van der Waals surface area contributed by atoms with Crippen molar-refractivity contribution in [3.8, 4) is 5.75 Å². The molecule has 0 aliphatic carbocycles. The highest BCUT2D eigenvalue weighted by Crippen LogP contribution is 2.22. The fourth-order valence-electron chi connectivity index (χ4n) is 1.54. The van der Waals surface area contributed by atoms with E-state index >= 15 is 0 Å². The number of aliphatic hydroxyl groups is 1. The van der Waals surface area contributed by atoms with E-state index in [0.29, 0.717) is 16.7 Å². The molecule has 0 bridgehead atoms. The van der Waals surface area contributed by atoms with Crippen LogP contribution in [0.1, 0.15) is 24.3 Å². The van der Waals surface area contributed by atoms with Crippen molar-refractivity contribution in [2.75, 3.05) is 6.61 Å². The zero-order valence-corrected chi connectivity index (χ0v) is 10.2. The second-order valence-electron chi connectivity index (χ2n) is 4.74. The van der Waals surface area contributed by atoms with Gasteiger partial charge in [-0.3, -0.25) is 9.89 Å². The Balaban J connectivity index is 2.26. The number of ether oxygens (including phenoxy) is 1. The first-order valence-corrected chi connectivity index (χ1v) is 5.50. The van der Waals surface area contributed by atoms with Gasteiger partial charge in [-0.2, -0.15) is 5.10 Å². The summed E-state index contributed by atoms with van der Waals surface area (Å²) in [4.78, 5) is 11.1. The van der Waals surface area contributed by atoms with Gasteiger partial charge in [-0.15, -0.1) is 0 Å². The van der Waals surface area contributed by atoms with Crippen LogP contribution >= 0.6 is 0 Å². The lowest BCUT2D eigenvalue weighted by molar-refractivity contribution is 0.0285. The van der Waals surface area contributed by atoms with Crippen molar-refractivity contribution in [1.82, 2.24) is 10.2 Å². The molecule has 1 aromatic heterocycles. The van der Waals surface area contributed by atoms with Gasteiger partial charge in [0.25, 0.3) is 5.91 Å². The Labute approximate surface area is 104 Å². The zero-order valence-electron chi connectivity index (χ0n) is 10.2. The number of nitrogens with one attached hydrogen (secondary N) is 1. The second kappa shape index (κ2) is 4.30. The van der Waals surface area contributed by atoms with Gasteiger partial charge in [0.05, 0.1) is 11.1 Å². The highest BCUT2D eigenvalue weighted by molar-refractivity contribution is 6.04. The lowest BCUT2D eigenvalue weighted by Gasteiger charge is -2.17. The van der Waals surface area contributed by atoms with Crippen molar-refractivity contribution in [3.63, 3.8) is 0 Å². The maximum atomic E-state index is 11.1. The Hall–Kier alpha value is -2.08. The summed E-state index contributed by atoms with van der Waals surface area (Å²) >= 11 is 0. The summed E-state index contributed by atoms with van der Waals surface area (Å²) in [5, 5.41) is 16.8. The Kier molecular flexibility index (Phi) is 2.96. The van der Waals surface area contributed by atoms with Crippen LogP contribution in [-0.4, -0.2) is 33.4 Å². The molecule has 0 aliphatic rings. The number of H-pyrrole nitrogens is 1. The summed E-state index contributed by atoms with van der Waals surface area (Å²) in [5.41, 5.74) is 5.16. The molecule has 18 heavy (non-hydrogen) atoms. The maximum absolute atomic E-state index is 11.1. The van der Waals surface area contributed by atoms with E-state index in [2.05, 4.69) is 10.2 Å². The Morgan fingerprint density at radius 1 is 1.56 bits per heavy atom. The molecule has 0 atom stereocenters. The van der Waals surface area contributed by atoms with Gasteiger partial charge in [-0.05, 0) is 26.0 Å². The number of benzene rings is 1. The molecule has 0 unspecified atom stereocenters. The van der Waals surface area contributed by atoms with E-state index < -0.39 is 11.5 Å². The summed E-state index contributed by atoms with van der Waals surface area (Å²) < 4.78 is 5.43. The normalized spacial score (nSPS) is 11.7. The van der Waals surface area contributed by atoms with Crippen LogP contribution in [0.4, 0.5) is 0 Å². The molecule has 6 nitrogen and oxygen atoms in total. The third kappa shape index (κ3) is 2.60. The van der Waals surface area contributed by atoms with Crippen LogP contribution in [0.5, 0.6) is 5.75 Å². The molecule has 6 heteroatoms. The topological polar surface area (TPSA) is 101 Å². The molecular formula is C12H15N3O3. The van der Waals surface area contributed by atoms with Crippen molar-refractivity contribution >= 4 is 16.8 Å². The number of carbonyl (C=O) groups is 1. The number of aromatic amines is 1. The minimum atomic E-state index is -0.901. The molecule has 1 amide bonds. The van der Waals surface area contributed by atoms with E-state index in [1.165, 1.54) is 0 Å². The van der Waals surface area contributed by atoms with Crippen LogP contribution in [0.2, 0.25) is 0 Å². The van der Waals surface area contributed by atoms with Gasteiger partial charge in [0.2, 0.25) is 0 Å². The molecule has 0 radical (unpaired) electrons. The summed E-state index contributed by atoms with van der Waals surface area (Å²) in [6.07, 6.45) is 0. The van der Waals surface area contributed by atoms with E-state index in [-0.39, 0.29) is 12.3 Å². The highest BCUT2D eigenvalue weighted by Gasteiger charge is 2.15. The molecule has 96 valence electrons. The molecule has 1 aromatic carbocycles. The van der Waals surface area contributed by atoms with Crippen LogP contribution in [0, 0.1) is 0 Å². The number of hydrogen-bond acceptors (Lipinski definition) is 4. The van der Waals surface area contributed by atoms with Crippen LogP contribution < -0.4 is 10.5 Å². The van der Waals surface area contributed by atoms with Crippen LogP contribution in [0.25, 0.3) is 10.9 Å². The van der Waals surface area contributed by atoms with Crippen molar-refractivity contribution < 1.29 is 14.6 Å². The Morgan fingerprint density at radius 2 is 2.28 bits per heavy atom. The average molecular weight is 249 g/mol. The number of nitrogens with two attached hydrogens (primary N) is 1. The highest BCUT2D eigenvalue weighted by atomic mass is 16.5. The summed E-state index contributed by atoms with van der Waals surface area (Å²) in [6.45, 7) is 3.50. The molecule has 0 aliphatic heterocycles. The van der Waals surface area contributed by atoms with Gasteiger partial charge in [-0.25, -0.2) is 0 Å². The van der Waals surface area contributed by atoms with Crippen LogP contribution in [0.15, 0.2) is 18.2 Å². The number of fused-ring (bicyclic) bond motifs is 1. The lowest BCUT2D eigenvalue weighted by atomic mass is 10.1. The SMILES string of the molecule is CC(C)(O)COc1ccc2c(C(N)=O)n[nH]c2c1. The van der Waals surface area contributed by atoms with Gasteiger partial charge in [0, 0.05) is 11.5 Å². The van der Waals surface area contributed by atoms with Crippen molar-refractivity contribution in [1.29, 1.82) is 0 Å². The molecule has 2 rings (SSSR count). The fourth-order valence-corrected chi connectivity index (χ4v) is 1.54. The predicted octanol–water partition coefficient (Wildman–Crippen LogP) is 0.811. The van der Waals surface area contributed by atoms with E-state index in [9.17, 15) is 9.90 Å². The largest absolute Gasteiger partial charge is 0.491 e. The Bertz CT molecular complexity index is 584. The molecule has 0 saturated heterocycles. The minimum Gasteiger partial charge on any atom is -0.491 e. The number of carbonyl (C=O) groups excluding carboxylic acids is 1. The van der Waals surface area contributed by atoms with Crippen molar-refractivity contribution in [3.05, 3.63) is 23.9 Å². The number of rotatable bonds is 4. The first kappa shape index (κ1) is 12.4. The van der Waals surface area contributed by atoms with Gasteiger partial charge < -0.3 is 15.6 Å². The molecule has 2 aromatic rings. The second-order valence-corrected chi connectivity index (χ2v) is 4.74. The zero-order chi connectivity index (χ0) is 13.3. The first-order valence-electron chi connectivity index (χ1n) is 5.50. The number of aromatic nitrogens is 2. The summed E-state index contributed by atoms with van der Waals surface area (Å²) in [7, 11) is 0. The summed E-state index contributed by atoms with van der Waals surface area (Å²) in [5.74, 6) is 0.00991. The van der Waals surface area contributed by atoms with E-state index in [0.717, 1.165) is 0 Å². The molecular weight excluding hydrogens is 234 g/mol. The minimum absolute atomic E-state index is 0.176. The quantitative estimate of drug-likeness (QED) is 0.746. The Morgan fingerprint density at radius 3 is 2.89 bits per heavy atom. The van der Waals surface area contributed by atoms with Gasteiger partial charge >= 0.3 is 0 Å².